The first kappa shape index (κ1) is 23.1. The smallest absolute Gasteiger partial charge is 0.256 e. The molecule has 3 rings (SSSR count). The van der Waals surface area contributed by atoms with E-state index in [0.29, 0.717) is 19.1 Å². The average molecular weight is 417 g/mol. The maximum atomic E-state index is 13.1. The molecule has 168 valence electrons. The molecule has 0 unspecified atom stereocenters. The minimum Gasteiger partial charge on any atom is -0.492 e. The fraction of sp³-hybridized carbons (Fsp3) is 0.720. The van der Waals surface area contributed by atoms with Crippen molar-refractivity contribution in [1.82, 2.24) is 4.90 Å². The number of carbonyl (C=O) groups is 1. The highest BCUT2D eigenvalue weighted by Gasteiger charge is 2.42. The second-order valence-corrected chi connectivity index (χ2v) is 9.40. The van der Waals surface area contributed by atoms with E-state index in [1.165, 1.54) is 25.9 Å². The first-order valence-electron chi connectivity index (χ1n) is 11.9. The molecule has 5 nitrogen and oxygen atoms in total. The molecule has 1 N–H and O–H groups in total. The Balaban J connectivity index is 1.49. The Kier molecular flexibility index (Phi) is 8.58. The van der Waals surface area contributed by atoms with Crippen LogP contribution in [0.15, 0.2) is 24.3 Å². The van der Waals surface area contributed by atoms with Gasteiger partial charge < -0.3 is 14.8 Å². The van der Waals surface area contributed by atoms with Crippen molar-refractivity contribution >= 4 is 11.6 Å². The molecule has 1 heterocycles. The van der Waals surface area contributed by atoms with Gasteiger partial charge in [0.1, 0.15) is 18.0 Å². The molecule has 1 aromatic carbocycles. The van der Waals surface area contributed by atoms with Gasteiger partial charge in [0.05, 0.1) is 0 Å². The third-order valence-electron chi connectivity index (χ3n) is 6.61. The molecule has 0 spiro atoms. The zero-order valence-electron chi connectivity index (χ0n) is 19.1. The monoisotopic (exact) mass is 416 g/mol. The molecule has 1 aliphatic heterocycles. The van der Waals surface area contributed by atoms with Crippen LogP contribution in [0, 0.1) is 11.8 Å². The van der Waals surface area contributed by atoms with Gasteiger partial charge in [-0.05, 0) is 87.6 Å². The van der Waals surface area contributed by atoms with Crippen LogP contribution in [0.2, 0.25) is 0 Å². The Labute approximate surface area is 182 Å². The molecule has 0 aromatic heterocycles. The lowest BCUT2D eigenvalue weighted by Gasteiger charge is -2.38. The summed E-state index contributed by atoms with van der Waals surface area (Å²) in [5, 5.41) is 3.09. The molecule has 1 saturated heterocycles. The summed E-state index contributed by atoms with van der Waals surface area (Å²) in [5.74, 6) is 2.30. The number of piperidine rings is 1. The quantitative estimate of drug-likeness (QED) is 0.608. The van der Waals surface area contributed by atoms with Gasteiger partial charge in [-0.3, -0.25) is 9.69 Å². The van der Waals surface area contributed by atoms with Crippen LogP contribution in [-0.2, 0) is 9.53 Å². The fourth-order valence-electron chi connectivity index (χ4n) is 4.62. The Morgan fingerprint density at radius 1 is 1.10 bits per heavy atom. The Hall–Kier alpha value is -1.59. The van der Waals surface area contributed by atoms with Gasteiger partial charge in [0, 0.05) is 25.4 Å². The maximum absolute atomic E-state index is 13.1. The molecular weight excluding hydrogens is 376 g/mol. The standard InChI is InChI=1S/C25H40N2O3/c1-4-17-30-25(13-11-20(2)12-14-25)24(28)26-22-7-9-23(10-8-22)29-18-16-27-15-5-6-21(3)19-27/h7-10,20-21H,4-6,11-19H2,1-3H3,(H,26,28)/t20?,21-,25?/m0/s1. The Bertz CT molecular complexity index is 647. The van der Waals surface area contributed by atoms with Crippen LogP contribution in [0.5, 0.6) is 5.75 Å². The van der Waals surface area contributed by atoms with E-state index in [0.717, 1.165) is 56.0 Å². The van der Waals surface area contributed by atoms with E-state index >= 15 is 0 Å². The first-order valence-corrected chi connectivity index (χ1v) is 11.9. The van der Waals surface area contributed by atoms with Gasteiger partial charge >= 0.3 is 0 Å². The summed E-state index contributed by atoms with van der Waals surface area (Å²) < 4.78 is 12.0. The van der Waals surface area contributed by atoms with Crippen LogP contribution in [-0.4, -0.2) is 49.3 Å². The predicted octanol–water partition coefficient (Wildman–Crippen LogP) is 5.11. The number of nitrogens with zero attached hydrogens (tertiary/aromatic N) is 1. The van der Waals surface area contributed by atoms with E-state index in [-0.39, 0.29) is 5.91 Å². The summed E-state index contributed by atoms with van der Waals surface area (Å²) in [6.07, 6.45) is 7.24. The average Bonchev–Trinajstić information content (AvgIpc) is 2.75. The molecule has 0 bridgehead atoms. The van der Waals surface area contributed by atoms with Crippen LogP contribution in [0.4, 0.5) is 5.69 Å². The van der Waals surface area contributed by atoms with Crippen LogP contribution >= 0.6 is 0 Å². The van der Waals surface area contributed by atoms with E-state index in [1.807, 2.05) is 24.3 Å². The Morgan fingerprint density at radius 2 is 1.83 bits per heavy atom. The minimum absolute atomic E-state index is 0.00395. The second kappa shape index (κ2) is 11.1. The molecule has 30 heavy (non-hydrogen) atoms. The number of likely N-dealkylation sites (tertiary alicyclic amines) is 1. The SMILES string of the molecule is CCCOC1(C(=O)Nc2ccc(OCCN3CCC[C@H](C)C3)cc2)CCC(C)CC1. The highest BCUT2D eigenvalue weighted by atomic mass is 16.5. The van der Waals surface area contributed by atoms with Gasteiger partial charge in [-0.25, -0.2) is 0 Å². The number of hydrogen-bond donors (Lipinski definition) is 1. The van der Waals surface area contributed by atoms with Crippen LogP contribution < -0.4 is 10.1 Å². The lowest BCUT2D eigenvalue weighted by atomic mass is 9.78. The van der Waals surface area contributed by atoms with Gasteiger partial charge in [0.25, 0.3) is 5.91 Å². The van der Waals surface area contributed by atoms with E-state index in [9.17, 15) is 4.79 Å². The van der Waals surface area contributed by atoms with Crippen molar-refractivity contribution in [2.24, 2.45) is 11.8 Å². The molecule has 2 fully saturated rings. The number of carbonyl (C=O) groups excluding carboxylic acids is 1. The third-order valence-corrected chi connectivity index (χ3v) is 6.61. The molecule has 1 atom stereocenters. The van der Waals surface area contributed by atoms with Crippen LogP contribution in [0.1, 0.15) is 65.7 Å². The summed E-state index contributed by atoms with van der Waals surface area (Å²) in [6, 6.07) is 7.73. The third kappa shape index (κ3) is 6.45. The van der Waals surface area contributed by atoms with E-state index in [2.05, 4.69) is 31.0 Å². The van der Waals surface area contributed by atoms with E-state index in [1.54, 1.807) is 0 Å². The maximum Gasteiger partial charge on any atom is 0.256 e. The zero-order chi connectivity index (χ0) is 21.4. The van der Waals surface area contributed by atoms with E-state index < -0.39 is 5.60 Å². The molecule has 2 aliphatic rings. The summed E-state index contributed by atoms with van der Waals surface area (Å²) in [6.45, 7) is 11.3. The summed E-state index contributed by atoms with van der Waals surface area (Å²) in [4.78, 5) is 15.6. The number of hydrogen-bond acceptors (Lipinski definition) is 4. The molecule has 0 radical (unpaired) electrons. The van der Waals surface area contributed by atoms with Crippen molar-refractivity contribution in [2.75, 3.05) is 38.2 Å². The minimum atomic E-state index is -0.677. The first-order chi connectivity index (χ1) is 14.5. The lowest BCUT2D eigenvalue weighted by molar-refractivity contribution is -0.147. The summed E-state index contributed by atoms with van der Waals surface area (Å²) in [7, 11) is 0. The fourth-order valence-corrected chi connectivity index (χ4v) is 4.62. The number of ether oxygens (including phenoxy) is 2. The zero-order valence-corrected chi connectivity index (χ0v) is 19.1. The van der Waals surface area contributed by atoms with Crippen molar-refractivity contribution < 1.29 is 14.3 Å². The van der Waals surface area contributed by atoms with Gasteiger partial charge in [0.2, 0.25) is 0 Å². The van der Waals surface area contributed by atoms with Gasteiger partial charge in [-0.1, -0.05) is 20.8 Å². The summed E-state index contributed by atoms with van der Waals surface area (Å²) >= 11 is 0. The molecule has 1 aliphatic carbocycles. The van der Waals surface area contributed by atoms with Crippen molar-refractivity contribution in [2.45, 2.75) is 71.3 Å². The van der Waals surface area contributed by atoms with Crippen LogP contribution in [0.3, 0.4) is 0 Å². The highest BCUT2D eigenvalue weighted by molar-refractivity contribution is 5.97. The molecule has 5 heteroatoms. The van der Waals surface area contributed by atoms with Crippen LogP contribution in [0.25, 0.3) is 0 Å². The Morgan fingerprint density at radius 3 is 2.50 bits per heavy atom. The number of rotatable bonds is 9. The molecule has 1 saturated carbocycles. The molecular formula is C25H40N2O3. The van der Waals surface area contributed by atoms with Crippen molar-refractivity contribution in [3.05, 3.63) is 24.3 Å². The van der Waals surface area contributed by atoms with Crippen molar-refractivity contribution in [1.29, 1.82) is 0 Å². The number of nitrogens with one attached hydrogen (secondary N) is 1. The normalized spacial score (nSPS) is 27.6. The van der Waals surface area contributed by atoms with Crippen molar-refractivity contribution in [3.8, 4) is 5.75 Å². The lowest BCUT2D eigenvalue weighted by Crippen LogP contribution is -2.48. The van der Waals surface area contributed by atoms with Gasteiger partial charge in [0.15, 0.2) is 0 Å². The molecule has 1 amide bonds. The topological polar surface area (TPSA) is 50.8 Å². The van der Waals surface area contributed by atoms with E-state index in [4.69, 9.17) is 9.47 Å². The predicted molar refractivity (Wildman–Crippen MR) is 122 cm³/mol. The summed E-state index contributed by atoms with van der Waals surface area (Å²) in [5.41, 5.74) is 0.124. The highest BCUT2D eigenvalue weighted by Crippen LogP contribution is 2.36. The number of amides is 1. The number of anilines is 1. The number of benzene rings is 1. The molecule has 1 aromatic rings. The largest absolute Gasteiger partial charge is 0.492 e. The second-order valence-electron chi connectivity index (χ2n) is 9.40. The van der Waals surface area contributed by atoms with Crippen molar-refractivity contribution in [3.63, 3.8) is 0 Å². The van der Waals surface area contributed by atoms with Gasteiger partial charge in [-0.15, -0.1) is 0 Å². The van der Waals surface area contributed by atoms with Gasteiger partial charge in [-0.2, -0.15) is 0 Å².